The van der Waals surface area contributed by atoms with Crippen molar-refractivity contribution in [1.29, 1.82) is 0 Å². The molecule has 0 saturated heterocycles. The summed E-state index contributed by atoms with van der Waals surface area (Å²) in [5, 5.41) is 10.1. The Kier molecular flexibility index (Phi) is 2.94. The van der Waals surface area contributed by atoms with Crippen molar-refractivity contribution >= 4 is 17.6 Å². The molecule has 1 aromatic carbocycles. The van der Waals surface area contributed by atoms with Crippen molar-refractivity contribution in [2.75, 3.05) is 0 Å². The monoisotopic (exact) mass is 238 g/mol. The normalized spacial score (nSPS) is 18.6. The van der Waals surface area contributed by atoms with Crippen LogP contribution in [0, 0.1) is 6.92 Å². The van der Waals surface area contributed by atoms with Crippen LogP contribution in [0.1, 0.15) is 36.8 Å². The second-order valence-electron chi connectivity index (χ2n) is 4.51. The number of carboxylic acid groups (broad SMARTS) is 1. The minimum Gasteiger partial charge on any atom is -0.481 e. The van der Waals surface area contributed by atoms with Crippen LogP contribution >= 0.6 is 11.6 Å². The van der Waals surface area contributed by atoms with Gasteiger partial charge in [-0.2, -0.15) is 0 Å². The highest BCUT2D eigenvalue weighted by atomic mass is 35.5. The fraction of sp³-hybridized carbons (Fsp3) is 0.462. The zero-order chi connectivity index (χ0) is 11.8. The molecule has 1 aromatic rings. The van der Waals surface area contributed by atoms with Gasteiger partial charge in [-0.15, -0.1) is 0 Å². The predicted octanol–water partition coefficient (Wildman–Crippen LogP) is 3.54. The molecule has 0 unspecified atom stereocenters. The number of hydrogen-bond donors (Lipinski definition) is 1. The van der Waals surface area contributed by atoms with E-state index in [1.165, 1.54) is 0 Å². The number of rotatable bonds is 2. The van der Waals surface area contributed by atoms with Gasteiger partial charge in [-0.25, -0.2) is 0 Å². The van der Waals surface area contributed by atoms with Crippen LogP contribution in [0.15, 0.2) is 18.2 Å². The maximum Gasteiger partial charge on any atom is 0.314 e. The number of halogens is 1. The molecule has 1 aliphatic carbocycles. The van der Waals surface area contributed by atoms with Gasteiger partial charge in [-0.05, 0) is 37.0 Å². The lowest BCUT2D eigenvalue weighted by Gasteiger charge is -2.26. The van der Waals surface area contributed by atoms with Crippen molar-refractivity contribution in [3.63, 3.8) is 0 Å². The van der Waals surface area contributed by atoms with Crippen molar-refractivity contribution in [1.82, 2.24) is 0 Å². The van der Waals surface area contributed by atoms with Gasteiger partial charge in [0.05, 0.1) is 5.41 Å². The van der Waals surface area contributed by atoms with Crippen LogP contribution in [0.5, 0.6) is 0 Å². The number of carbonyl (C=O) groups is 1. The maximum atomic E-state index is 11.5. The first-order valence-corrected chi connectivity index (χ1v) is 5.95. The average molecular weight is 239 g/mol. The van der Waals surface area contributed by atoms with Crippen molar-refractivity contribution < 1.29 is 9.90 Å². The Balaban J connectivity index is 2.56. The number of aliphatic carboxylic acids is 1. The topological polar surface area (TPSA) is 37.3 Å². The number of benzene rings is 1. The average Bonchev–Trinajstić information content (AvgIpc) is 2.72. The molecule has 0 radical (unpaired) electrons. The van der Waals surface area contributed by atoms with E-state index in [1.807, 2.05) is 25.1 Å². The van der Waals surface area contributed by atoms with E-state index < -0.39 is 11.4 Å². The van der Waals surface area contributed by atoms with Gasteiger partial charge in [0.25, 0.3) is 0 Å². The molecule has 16 heavy (non-hydrogen) atoms. The summed E-state index contributed by atoms with van der Waals surface area (Å²) in [5.41, 5.74) is 1.10. The molecule has 1 aliphatic rings. The fourth-order valence-corrected chi connectivity index (χ4v) is 2.88. The van der Waals surface area contributed by atoms with Gasteiger partial charge in [0, 0.05) is 5.02 Å². The predicted molar refractivity (Wildman–Crippen MR) is 64.0 cm³/mol. The van der Waals surface area contributed by atoms with Gasteiger partial charge in [-0.1, -0.05) is 36.6 Å². The summed E-state index contributed by atoms with van der Waals surface area (Å²) in [4.78, 5) is 11.5. The maximum absolute atomic E-state index is 11.5. The van der Waals surface area contributed by atoms with Gasteiger partial charge < -0.3 is 5.11 Å². The lowest BCUT2D eigenvalue weighted by molar-refractivity contribution is -0.143. The van der Waals surface area contributed by atoms with Crippen LogP contribution in [0.25, 0.3) is 0 Å². The van der Waals surface area contributed by atoms with Crippen LogP contribution < -0.4 is 0 Å². The summed E-state index contributed by atoms with van der Waals surface area (Å²) >= 11 is 6.07. The standard InChI is InChI=1S/C13H15ClO2/c1-9-10(5-4-6-11(9)14)13(12(15)16)7-2-3-8-13/h4-6H,2-3,7-8H2,1H3,(H,15,16). The molecule has 0 bridgehead atoms. The van der Waals surface area contributed by atoms with Crippen LogP contribution in [0.4, 0.5) is 0 Å². The Morgan fingerprint density at radius 3 is 2.56 bits per heavy atom. The molecule has 2 nitrogen and oxygen atoms in total. The Bertz CT molecular complexity index is 420. The van der Waals surface area contributed by atoms with Crippen LogP contribution in [-0.4, -0.2) is 11.1 Å². The van der Waals surface area contributed by atoms with E-state index in [9.17, 15) is 9.90 Å². The van der Waals surface area contributed by atoms with E-state index in [0.29, 0.717) is 5.02 Å². The van der Waals surface area contributed by atoms with Crippen molar-refractivity contribution in [2.45, 2.75) is 38.0 Å². The second kappa shape index (κ2) is 4.10. The summed E-state index contributed by atoms with van der Waals surface area (Å²) in [6.07, 6.45) is 3.42. The molecule has 3 heteroatoms. The van der Waals surface area contributed by atoms with Gasteiger partial charge in [0.15, 0.2) is 0 Å². The molecule has 2 rings (SSSR count). The highest BCUT2D eigenvalue weighted by Crippen LogP contribution is 2.43. The van der Waals surface area contributed by atoms with E-state index in [1.54, 1.807) is 0 Å². The summed E-state index contributed by atoms with van der Waals surface area (Å²) in [6, 6.07) is 5.55. The minimum atomic E-state index is -0.713. The molecule has 0 atom stereocenters. The summed E-state index contributed by atoms with van der Waals surface area (Å²) in [6.45, 7) is 1.90. The summed E-state index contributed by atoms with van der Waals surface area (Å²) in [7, 11) is 0. The van der Waals surface area contributed by atoms with Crippen LogP contribution in [0.2, 0.25) is 5.02 Å². The van der Waals surface area contributed by atoms with Crippen molar-refractivity contribution in [3.8, 4) is 0 Å². The van der Waals surface area contributed by atoms with Gasteiger partial charge >= 0.3 is 5.97 Å². The lowest BCUT2D eigenvalue weighted by Crippen LogP contribution is -2.33. The first kappa shape index (κ1) is 11.5. The highest BCUT2D eigenvalue weighted by molar-refractivity contribution is 6.31. The first-order chi connectivity index (χ1) is 7.58. The largest absolute Gasteiger partial charge is 0.481 e. The Morgan fingerprint density at radius 2 is 2.00 bits per heavy atom. The molecule has 0 aliphatic heterocycles. The first-order valence-electron chi connectivity index (χ1n) is 5.57. The number of hydrogen-bond acceptors (Lipinski definition) is 1. The van der Waals surface area contributed by atoms with E-state index in [4.69, 9.17) is 11.6 Å². The zero-order valence-electron chi connectivity index (χ0n) is 9.29. The van der Waals surface area contributed by atoms with Crippen molar-refractivity contribution in [3.05, 3.63) is 34.3 Å². The molecule has 1 fully saturated rings. The van der Waals surface area contributed by atoms with E-state index in [2.05, 4.69) is 0 Å². The molecule has 86 valence electrons. The lowest BCUT2D eigenvalue weighted by atomic mass is 9.77. The van der Waals surface area contributed by atoms with Gasteiger partial charge in [0.1, 0.15) is 0 Å². The zero-order valence-corrected chi connectivity index (χ0v) is 10.0. The third-order valence-electron chi connectivity index (χ3n) is 3.65. The quantitative estimate of drug-likeness (QED) is 0.856. The van der Waals surface area contributed by atoms with Gasteiger partial charge in [0.2, 0.25) is 0 Å². The second-order valence-corrected chi connectivity index (χ2v) is 4.91. The molecule has 0 aromatic heterocycles. The van der Waals surface area contributed by atoms with Crippen molar-refractivity contribution in [2.24, 2.45) is 0 Å². The summed E-state index contributed by atoms with van der Waals surface area (Å²) in [5.74, 6) is -0.713. The van der Waals surface area contributed by atoms with Crippen LogP contribution in [-0.2, 0) is 10.2 Å². The van der Waals surface area contributed by atoms with Crippen LogP contribution in [0.3, 0.4) is 0 Å². The Morgan fingerprint density at radius 1 is 1.38 bits per heavy atom. The Labute approximate surface area is 100 Å². The molecule has 1 saturated carbocycles. The van der Waals surface area contributed by atoms with E-state index in [0.717, 1.165) is 36.8 Å². The molecule has 0 spiro atoms. The van der Waals surface area contributed by atoms with E-state index in [-0.39, 0.29) is 0 Å². The van der Waals surface area contributed by atoms with Gasteiger partial charge in [-0.3, -0.25) is 4.79 Å². The molecule has 1 N–H and O–H groups in total. The molecule has 0 heterocycles. The van der Waals surface area contributed by atoms with E-state index >= 15 is 0 Å². The molecule has 0 amide bonds. The SMILES string of the molecule is Cc1c(Cl)cccc1C1(C(=O)O)CCCC1. The third kappa shape index (κ3) is 1.61. The molecular formula is C13H15ClO2. The summed E-state index contributed by atoms with van der Waals surface area (Å²) < 4.78 is 0. The minimum absolute atomic E-state index is 0.657. The Hall–Kier alpha value is -1.02. The fourth-order valence-electron chi connectivity index (χ4n) is 2.70. The highest BCUT2D eigenvalue weighted by Gasteiger charge is 2.43. The number of carboxylic acids is 1. The smallest absolute Gasteiger partial charge is 0.314 e. The molecular weight excluding hydrogens is 224 g/mol. The third-order valence-corrected chi connectivity index (χ3v) is 4.06.